The number of nitrogens with zero attached hydrogens (tertiary/aromatic N) is 2. The predicted molar refractivity (Wildman–Crippen MR) is 77.7 cm³/mol. The van der Waals surface area contributed by atoms with Gasteiger partial charge in [0.2, 0.25) is 0 Å². The fourth-order valence-corrected chi connectivity index (χ4v) is 3.16. The second kappa shape index (κ2) is 6.34. The zero-order valence-electron chi connectivity index (χ0n) is 12.6. The monoisotopic (exact) mass is 374 g/mol. The zero-order chi connectivity index (χ0) is 18.2. The summed E-state index contributed by atoms with van der Waals surface area (Å²) in [6.07, 6.45) is 1.80. The van der Waals surface area contributed by atoms with Crippen LogP contribution in [0.2, 0.25) is 0 Å². The molecule has 0 spiro atoms. The van der Waals surface area contributed by atoms with E-state index in [1.165, 1.54) is 18.4 Å². The number of hydrazine groups is 1. The molecule has 2 bridgehead atoms. The first-order chi connectivity index (χ1) is 11.8. The Hall–Kier alpha value is -2.64. The lowest BCUT2D eigenvalue weighted by atomic mass is 10.0. The predicted octanol–water partition coefficient (Wildman–Crippen LogP) is -0.956. The number of urea groups is 1. The Bertz CT molecular complexity index is 792. The average molecular weight is 374 g/mol. The fourth-order valence-electron chi connectivity index (χ4n) is 2.78. The molecule has 0 aliphatic carbocycles. The first kappa shape index (κ1) is 17.2. The van der Waals surface area contributed by atoms with Gasteiger partial charge in [-0.25, -0.2) is 4.79 Å². The van der Waals surface area contributed by atoms with E-state index in [1.807, 2.05) is 0 Å². The van der Waals surface area contributed by atoms with Crippen molar-refractivity contribution in [2.45, 2.75) is 24.9 Å². The van der Waals surface area contributed by atoms with Crippen LogP contribution in [0.5, 0.6) is 0 Å². The Labute approximate surface area is 141 Å². The fraction of sp³-hybridized carbons (Fsp3) is 0.417. The highest BCUT2D eigenvalue weighted by molar-refractivity contribution is 7.80. The number of carbonyl (C=O) groups is 3. The summed E-state index contributed by atoms with van der Waals surface area (Å²) < 4.78 is 39.5. The van der Waals surface area contributed by atoms with Gasteiger partial charge < -0.3 is 9.32 Å². The molecule has 0 aromatic carbocycles. The molecule has 2 saturated heterocycles. The normalized spacial score (nSPS) is 22.8. The van der Waals surface area contributed by atoms with E-state index in [0.29, 0.717) is 5.06 Å². The molecule has 3 N–H and O–H groups in total. The molecule has 1 aromatic heterocycles. The lowest BCUT2D eigenvalue weighted by molar-refractivity contribution is -0.126. The van der Waals surface area contributed by atoms with Gasteiger partial charge in [-0.15, -0.1) is 4.28 Å². The van der Waals surface area contributed by atoms with Gasteiger partial charge in [-0.3, -0.25) is 25.0 Å². The minimum absolute atomic E-state index is 0.00557. The molecule has 25 heavy (non-hydrogen) atoms. The molecule has 2 aliphatic rings. The van der Waals surface area contributed by atoms with E-state index in [2.05, 4.69) is 15.1 Å². The van der Waals surface area contributed by atoms with Gasteiger partial charge in [-0.2, -0.15) is 13.5 Å². The molecule has 2 atom stereocenters. The molecule has 136 valence electrons. The van der Waals surface area contributed by atoms with Crippen molar-refractivity contribution in [3.63, 3.8) is 0 Å². The number of nitrogens with one attached hydrogen (secondary N) is 2. The van der Waals surface area contributed by atoms with Crippen LogP contribution in [-0.2, 0) is 19.5 Å². The van der Waals surface area contributed by atoms with E-state index < -0.39 is 40.3 Å². The highest BCUT2D eigenvalue weighted by atomic mass is 32.3. The summed E-state index contributed by atoms with van der Waals surface area (Å²) in [5, 5.41) is 0.532. The van der Waals surface area contributed by atoms with E-state index >= 15 is 0 Å². The number of hydrogen-bond acceptors (Lipinski definition) is 7. The van der Waals surface area contributed by atoms with E-state index in [0.717, 1.165) is 4.90 Å². The van der Waals surface area contributed by atoms with Crippen LogP contribution in [0.3, 0.4) is 0 Å². The number of carbonyl (C=O) groups excluding carboxylic acids is 3. The smallest absolute Gasteiger partial charge is 0.418 e. The molecular formula is C12H14N4O8S. The van der Waals surface area contributed by atoms with Gasteiger partial charge >= 0.3 is 22.3 Å². The van der Waals surface area contributed by atoms with Crippen LogP contribution < -0.4 is 10.9 Å². The minimum atomic E-state index is -4.85. The number of amides is 4. The van der Waals surface area contributed by atoms with E-state index in [1.54, 1.807) is 0 Å². The number of rotatable bonds is 4. The molecule has 0 saturated carbocycles. The van der Waals surface area contributed by atoms with Gasteiger partial charge in [0.05, 0.1) is 12.3 Å². The molecule has 12 nitrogen and oxygen atoms in total. The average Bonchev–Trinajstić information content (AvgIpc) is 3.16. The van der Waals surface area contributed by atoms with Crippen molar-refractivity contribution in [3.05, 3.63) is 24.2 Å². The summed E-state index contributed by atoms with van der Waals surface area (Å²) in [6, 6.07) is 0.524. The maximum absolute atomic E-state index is 12.2. The minimum Gasteiger partial charge on any atom is -0.459 e. The van der Waals surface area contributed by atoms with Crippen LogP contribution in [0.1, 0.15) is 23.4 Å². The Kier molecular flexibility index (Phi) is 4.36. The maximum Gasteiger partial charge on any atom is 0.418 e. The van der Waals surface area contributed by atoms with Crippen molar-refractivity contribution >= 4 is 28.2 Å². The quantitative estimate of drug-likeness (QED) is 0.449. The number of furan rings is 1. The molecule has 13 heteroatoms. The van der Waals surface area contributed by atoms with Gasteiger partial charge in [0, 0.05) is 6.54 Å². The third-order valence-corrected chi connectivity index (χ3v) is 4.19. The summed E-state index contributed by atoms with van der Waals surface area (Å²) in [6.45, 7) is 0.0541. The van der Waals surface area contributed by atoms with Crippen LogP contribution in [0, 0.1) is 0 Å². The molecule has 4 amide bonds. The SMILES string of the molecule is O=C(NNC(=O)[C@@H]1CCC2CN1C(=O)N2OS(=O)(=O)O)c1ccco1. The second-order valence-electron chi connectivity index (χ2n) is 5.43. The van der Waals surface area contributed by atoms with Crippen molar-refractivity contribution in [2.75, 3.05) is 6.54 Å². The topological polar surface area (TPSA) is 158 Å². The Morgan fingerprint density at radius 1 is 1.32 bits per heavy atom. The van der Waals surface area contributed by atoms with Crippen LogP contribution >= 0.6 is 0 Å². The summed E-state index contributed by atoms with van der Waals surface area (Å²) >= 11 is 0. The highest BCUT2D eigenvalue weighted by Gasteiger charge is 2.49. The Balaban J connectivity index is 1.61. The largest absolute Gasteiger partial charge is 0.459 e. The highest BCUT2D eigenvalue weighted by Crippen LogP contribution is 2.30. The first-order valence-corrected chi connectivity index (χ1v) is 8.53. The number of hydrogen-bond donors (Lipinski definition) is 3. The van der Waals surface area contributed by atoms with Crippen LogP contribution in [-0.4, -0.2) is 59.4 Å². The van der Waals surface area contributed by atoms with Gasteiger partial charge in [-0.1, -0.05) is 0 Å². The zero-order valence-corrected chi connectivity index (χ0v) is 13.4. The lowest BCUT2D eigenvalue weighted by Gasteiger charge is -2.29. The third-order valence-electron chi connectivity index (χ3n) is 3.84. The molecule has 2 aliphatic heterocycles. The maximum atomic E-state index is 12.2. The van der Waals surface area contributed by atoms with Crippen LogP contribution in [0.15, 0.2) is 22.8 Å². The molecule has 1 unspecified atom stereocenters. The Morgan fingerprint density at radius 3 is 2.72 bits per heavy atom. The lowest BCUT2D eigenvalue weighted by Crippen LogP contribution is -2.54. The number of hydroxylamine groups is 2. The molecule has 3 rings (SSSR count). The van der Waals surface area contributed by atoms with E-state index in [9.17, 15) is 22.8 Å². The van der Waals surface area contributed by atoms with Crippen molar-refractivity contribution in [2.24, 2.45) is 0 Å². The molecular weight excluding hydrogens is 360 g/mol. The third kappa shape index (κ3) is 3.57. The number of fused-ring (bicyclic) bond motifs is 2. The van der Waals surface area contributed by atoms with Crippen molar-refractivity contribution in [1.29, 1.82) is 0 Å². The van der Waals surface area contributed by atoms with Gasteiger partial charge in [0.25, 0.3) is 5.91 Å². The van der Waals surface area contributed by atoms with Crippen LogP contribution in [0.4, 0.5) is 4.79 Å². The van der Waals surface area contributed by atoms with E-state index in [-0.39, 0.29) is 25.1 Å². The molecule has 2 fully saturated rings. The Morgan fingerprint density at radius 2 is 2.08 bits per heavy atom. The molecule has 3 heterocycles. The first-order valence-electron chi connectivity index (χ1n) is 7.17. The van der Waals surface area contributed by atoms with Gasteiger partial charge in [-0.05, 0) is 25.0 Å². The van der Waals surface area contributed by atoms with Gasteiger partial charge in [0.15, 0.2) is 5.76 Å². The number of piperidine rings is 1. The summed E-state index contributed by atoms with van der Waals surface area (Å²) in [4.78, 5) is 37.2. The molecule has 0 radical (unpaired) electrons. The van der Waals surface area contributed by atoms with Crippen molar-refractivity contribution < 1.29 is 36.1 Å². The van der Waals surface area contributed by atoms with Crippen molar-refractivity contribution in [3.8, 4) is 0 Å². The summed E-state index contributed by atoms with van der Waals surface area (Å²) in [5.74, 6) is -1.33. The second-order valence-corrected chi connectivity index (χ2v) is 6.44. The molecule has 1 aromatic rings. The van der Waals surface area contributed by atoms with E-state index in [4.69, 9.17) is 8.97 Å². The summed E-state index contributed by atoms with van der Waals surface area (Å²) in [5.41, 5.74) is 4.34. The van der Waals surface area contributed by atoms with Crippen LogP contribution in [0.25, 0.3) is 0 Å². The van der Waals surface area contributed by atoms with Crippen molar-refractivity contribution in [1.82, 2.24) is 20.8 Å². The summed E-state index contributed by atoms with van der Waals surface area (Å²) in [7, 11) is -4.85. The standard InChI is InChI=1S/C12H14N4O8S/c17-10(13-14-11(18)9-2-1-5-23-9)8-4-3-7-6-15(8)12(19)16(7)24-25(20,21)22/h1-2,5,7-8H,3-4,6H2,(H,13,17)(H,14,18)(H,20,21,22)/t7?,8-/m0/s1. The van der Waals surface area contributed by atoms with Gasteiger partial charge in [0.1, 0.15) is 6.04 Å².